The van der Waals surface area contributed by atoms with Crippen LogP contribution in [-0.4, -0.2) is 40.6 Å². The standard InChI is InChI=1S/C14H26N2OS/c1-4-12-14(17)16(13(5-2)15-12)10-6-8-11(18-3)9-7-10/h10-13,15H,4-9H2,1-3H3. The molecule has 2 atom stereocenters. The van der Waals surface area contributed by atoms with Crippen molar-refractivity contribution in [2.75, 3.05) is 6.26 Å². The first kappa shape index (κ1) is 14.2. The number of hydrogen-bond donors (Lipinski definition) is 1. The summed E-state index contributed by atoms with van der Waals surface area (Å²) in [5.41, 5.74) is 0. The molecular weight excluding hydrogens is 244 g/mol. The third-order valence-corrected chi connectivity index (χ3v) is 5.59. The molecule has 3 nitrogen and oxygen atoms in total. The van der Waals surface area contributed by atoms with Crippen LogP contribution >= 0.6 is 11.8 Å². The highest BCUT2D eigenvalue weighted by atomic mass is 32.2. The van der Waals surface area contributed by atoms with E-state index < -0.39 is 0 Å². The second-order valence-electron chi connectivity index (χ2n) is 5.46. The van der Waals surface area contributed by atoms with E-state index in [0.29, 0.717) is 11.9 Å². The highest BCUT2D eigenvalue weighted by molar-refractivity contribution is 7.99. The molecule has 1 aliphatic heterocycles. The van der Waals surface area contributed by atoms with Gasteiger partial charge in [-0.3, -0.25) is 10.1 Å². The predicted octanol–water partition coefficient (Wildman–Crippen LogP) is 2.61. The average Bonchev–Trinajstić information content (AvgIpc) is 2.75. The molecular formula is C14H26N2OS. The lowest BCUT2D eigenvalue weighted by molar-refractivity contribution is -0.133. The molecule has 1 saturated heterocycles. The van der Waals surface area contributed by atoms with Crippen molar-refractivity contribution < 1.29 is 4.79 Å². The van der Waals surface area contributed by atoms with E-state index in [1.807, 2.05) is 11.8 Å². The van der Waals surface area contributed by atoms with Crippen molar-refractivity contribution in [3.63, 3.8) is 0 Å². The summed E-state index contributed by atoms with van der Waals surface area (Å²) in [7, 11) is 0. The largest absolute Gasteiger partial charge is 0.323 e. The first-order valence-electron chi connectivity index (χ1n) is 7.32. The Morgan fingerprint density at radius 2 is 1.89 bits per heavy atom. The zero-order valence-electron chi connectivity index (χ0n) is 11.8. The van der Waals surface area contributed by atoms with Gasteiger partial charge in [-0.1, -0.05) is 13.8 Å². The third kappa shape index (κ3) is 2.69. The van der Waals surface area contributed by atoms with Crippen LogP contribution in [0.5, 0.6) is 0 Å². The molecule has 0 bridgehead atoms. The lowest BCUT2D eigenvalue weighted by atomic mass is 9.93. The molecule has 0 aromatic rings. The van der Waals surface area contributed by atoms with Gasteiger partial charge >= 0.3 is 0 Å². The van der Waals surface area contributed by atoms with Gasteiger partial charge in [0.1, 0.15) is 0 Å². The fourth-order valence-corrected chi connectivity index (χ4v) is 4.06. The van der Waals surface area contributed by atoms with Crippen molar-refractivity contribution in [3.8, 4) is 0 Å². The summed E-state index contributed by atoms with van der Waals surface area (Å²) in [6, 6.07) is 0.545. The smallest absolute Gasteiger partial charge is 0.241 e. The van der Waals surface area contributed by atoms with E-state index in [1.165, 1.54) is 25.7 Å². The molecule has 1 amide bonds. The summed E-state index contributed by atoms with van der Waals surface area (Å²) in [4.78, 5) is 14.6. The summed E-state index contributed by atoms with van der Waals surface area (Å²) >= 11 is 1.98. The van der Waals surface area contributed by atoms with Crippen LogP contribution in [0, 0.1) is 0 Å². The summed E-state index contributed by atoms with van der Waals surface area (Å²) in [6.07, 6.45) is 9.31. The second kappa shape index (κ2) is 6.29. The van der Waals surface area contributed by atoms with E-state index in [-0.39, 0.29) is 12.2 Å². The Morgan fingerprint density at radius 1 is 1.22 bits per heavy atom. The number of nitrogens with one attached hydrogen (secondary N) is 1. The zero-order chi connectivity index (χ0) is 13.1. The van der Waals surface area contributed by atoms with Gasteiger partial charge in [-0.2, -0.15) is 11.8 Å². The Bertz CT molecular complexity index is 290. The minimum Gasteiger partial charge on any atom is -0.323 e. The molecule has 2 fully saturated rings. The van der Waals surface area contributed by atoms with Crippen LogP contribution in [0.1, 0.15) is 52.4 Å². The van der Waals surface area contributed by atoms with Crippen molar-refractivity contribution in [1.29, 1.82) is 0 Å². The molecule has 4 heteroatoms. The van der Waals surface area contributed by atoms with Crippen LogP contribution < -0.4 is 5.32 Å². The fraction of sp³-hybridized carbons (Fsp3) is 0.929. The quantitative estimate of drug-likeness (QED) is 0.852. The Hall–Kier alpha value is -0.220. The maximum atomic E-state index is 12.4. The summed E-state index contributed by atoms with van der Waals surface area (Å²) < 4.78 is 0. The SMILES string of the molecule is CCC1NC(CC)N(C2CCC(SC)CC2)C1=O. The third-order valence-electron chi connectivity index (χ3n) is 4.45. The van der Waals surface area contributed by atoms with Crippen molar-refractivity contribution >= 4 is 17.7 Å². The molecule has 0 spiro atoms. The fourth-order valence-electron chi connectivity index (χ4n) is 3.32. The second-order valence-corrected chi connectivity index (χ2v) is 6.60. The Kier molecular flexibility index (Phi) is 4.96. The molecule has 2 aliphatic rings. The first-order valence-corrected chi connectivity index (χ1v) is 8.61. The average molecular weight is 270 g/mol. The van der Waals surface area contributed by atoms with Crippen molar-refractivity contribution in [2.45, 2.75) is 75.9 Å². The van der Waals surface area contributed by atoms with E-state index in [1.54, 1.807) is 0 Å². The van der Waals surface area contributed by atoms with Crippen LogP contribution in [0.4, 0.5) is 0 Å². The minimum absolute atomic E-state index is 0.0632. The van der Waals surface area contributed by atoms with Crippen LogP contribution in [0.3, 0.4) is 0 Å². The number of amides is 1. The van der Waals surface area contributed by atoms with Crippen LogP contribution in [-0.2, 0) is 4.79 Å². The topological polar surface area (TPSA) is 32.3 Å². The predicted molar refractivity (Wildman–Crippen MR) is 77.7 cm³/mol. The van der Waals surface area contributed by atoms with Gasteiger partial charge in [-0.15, -0.1) is 0 Å². The van der Waals surface area contributed by atoms with Gasteiger partial charge in [0.25, 0.3) is 0 Å². The maximum Gasteiger partial charge on any atom is 0.241 e. The lowest BCUT2D eigenvalue weighted by Gasteiger charge is -2.37. The molecule has 1 heterocycles. The van der Waals surface area contributed by atoms with Gasteiger partial charge in [0.15, 0.2) is 0 Å². The van der Waals surface area contributed by atoms with E-state index in [4.69, 9.17) is 0 Å². The number of nitrogens with zero attached hydrogens (tertiary/aromatic N) is 1. The molecule has 1 N–H and O–H groups in total. The number of thioether (sulfide) groups is 1. The number of rotatable bonds is 4. The highest BCUT2D eigenvalue weighted by Gasteiger charge is 2.41. The van der Waals surface area contributed by atoms with E-state index >= 15 is 0 Å². The van der Waals surface area contributed by atoms with E-state index in [9.17, 15) is 4.79 Å². The molecule has 2 unspecified atom stereocenters. The van der Waals surface area contributed by atoms with Gasteiger partial charge in [0.05, 0.1) is 12.2 Å². The number of carbonyl (C=O) groups excluding carboxylic acids is 1. The minimum atomic E-state index is 0.0632. The zero-order valence-corrected chi connectivity index (χ0v) is 12.6. The van der Waals surface area contributed by atoms with Crippen LogP contribution in [0.25, 0.3) is 0 Å². The molecule has 1 aliphatic carbocycles. The van der Waals surface area contributed by atoms with Gasteiger partial charge in [0, 0.05) is 11.3 Å². The maximum absolute atomic E-state index is 12.4. The Morgan fingerprint density at radius 3 is 2.39 bits per heavy atom. The Labute approximate surface area is 115 Å². The molecule has 1 saturated carbocycles. The molecule has 2 rings (SSSR count). The number of hydrogen-bond acceptors (Lipinski definition) is 3. The van der Waals surface area contributed by atoms with Gasteiger partial charge in [-0.25, -0.2) is 0 Å². The Balaban J connectivity index is 2.00. The monoisotopic (exact) mass is 270 g/mol. The molecule has 0 radical (unpaired) electrons. The van der Waals surface area contributed by atoms with Crippen LogP contribution in [0.15, 0.2) is 0 Å². The van der Waals surface area contributed by atoms with Crippen LogP contribution in [0.2, 0.25) is 0 Å². The summed E-state index contributed by atoms with van der Waals surface area (Å²) in [5, 5.41) is 4.30. The molecule has 0 aromatic carbocycles. The molecule has 104 valence electrons. The van der Waals surface area contributed by atoms with E-state index in [2.05, 4.69) is 30.3 Å². The van der Waals surface area contributed by atoms with Gasteiger partial charge < -0.3 is 4.90 Å². The molecule has 0 aromatic heterocycles. The van der Waals surface area contributed by atoms with E-state index in [0.717, 1.165) is 18.1 Å². The van der Waals surface area contributed by atoms with Crippen molar-refractivity contribution in [1.82, 2.24) is 10.2 Å². The lowest BCUT2D eigenvalue weighted by Crippen LogP contribution is -2.46. The number of carbonyl (C=O) groups is 1. The van der Waals surface area contributed by atoms with Gasteiger partial charge in [0.2, 0.25) is 5.91 Å². The van der Waals surface area contributed by atoms with Crippen molar-refractivity contribution in [2.24, 2.45) is 0 Å². The molecule has 18 heavy (non-hydrogen) atoms. The first-order chi connectivity index (χ1) is 8.71. The van der Waals surface area contributed by atoms with Gasteiger partial charge in [-0.05, 0) is 44.8 Å². The summed E-state index contributed by atoms with van der Waals surface area (Å²) in [6.45, 7) is 4.26. The highest BCUT2D eigenvalue weighted by Crippen LogP contribution is 2.32. The normalized spacial score (nSPS) is 37.3. The summed E-state index contributed by atoms with van der Waals surface area (Å²) in [5.74, 6) is 0.344. The van der Waals surface area contributed by atoms with Crippen molar-refractivity contribution in [3.05, 3.63) is 0 Å².